The summed E-state index contributed by atoms with van der Waals surface area (Å²) in [4.78, 5) is 13.6. The van der Waals surface area contributed by atoms with Gasteiger partial charge in [-0.1, -0.05) is 38.2 Å². The van der Waals surface area contributed by atoms with E-state index in [0.717, 1.165) is 38.8 Å². The second-order valence-corrected chi connectivity index (χ2v) is 7.50. The highest BCUT2D eigenvalue weighted by atomic mass is 35.5. The molecule has 0 aromatic carbocycles. The molecule has 3 nitrogen and oxygen atoms in total. The van der Waals surface area contributed by atoms with Gasteiger partial charge in [-0.3, -0.25) is 4.79 Å². The summed E-state index contributed by atoms with van der Waals surface area (Å²) in [6.45, 7) is 1.57. The van der Waals surface area contributed by atoms with Gasteiger partial charge in [0.05, 0.1) is 0 Å². The summed E-state index contributed by atoms with van der Waals surface area (Å²) in [5, 5.41) is 5.37. The summed E-state index contributed by atoms with van der Waals surface area (Å²) in [6.07, 6.45) is 11.3. The van der Waals surface area contributed by atoms with Crippen molar-refractivity contribution in [1.82, 2.24) is 5.32 Å². The second kappa shape index (κ2) is 11.1. The molecule has 132 valence electrons. The van der Waals surface area contributed by atoms with Crippen LogP contribution in [0.4, 0.5) is 0 Å². The molecule has 0 atom stereocenters. The molecule has 1 aromatic rings. The lowest BCUT2D eigenvalue weighted by molar-refractivity contribution is -0.121. The summed E-state index contributed by atoms with van der Waals surface area (Å²) in [5.74, 6) is 0.217. The lowest BCUT2D eigenvalue weighted by Crippen LogP contribution is -2.41. The van der Waals surface area contributed by atoms with E-state index in [1.165, 1.54) is 37.0 Å². The fourth-order valence-electron chi connectivity index (χ4n) is 3.46. The highest BCUT2D eigenvalue weighted by Crippen LogP contribution is 2.41. The van der Waals surface area contributed by atoms with Crippen LogP contribution in [0.3, 0.4) is 0 Å². The van der Waals surface area contributed by atoms with Crippen molar-refractivity contribution in [3.05, 3.63) is 22.4 Å². The Hall–Kier alpha value is -0.580. The van der Waals surface area contributed by atoms with Gasteiger partial charge in [0.25, 0.3) is 0 Å². The van der Waals surface area contributed by atoms with Crippen molar-refractivity contribution >= 4 is 29.7 Å². The van der Waals surface area contributed by atoms with Gasteiger partial charge in [0.15, 0.2) is 0 Å². The Morgan fingerprint density at radius 1 is 1.17 bits per heavy atom. The zero-order valence-corrected chi connectivity index (χ0v) is 15.7. The second-order valence-electron chi connectivity index (χ2n) is 6.55. The third-order valence-electron chi connectivity index (χ3n) is 4.84. The van der Waals surface area contributed by atoms with E-state index in [2.05, 4.69) is 22.8 Å². The van der Waals surface area contributed by atoms with Gasteiger partial charge in [0, 0.05) is 23.3 Å². The van der Waals surface area contributed by atoms with E-state index in [1.54, 1.807) is 0 Å². The lowest BCUT2D eigenvalue weighted by atomic mass is 9.73. The van der Waals surface area contributed by atoms with Crippen LogP contribution in [0.15, 0.2) is 17.5 Å². The molecule has 0 radical (unpaired) electrons. The average molecular weight is 359 g/mol. The molecule has 1 amide bonds. The van der Waals surface area contributed by atoms with Crippen LogP contribution in [-0.4, -0.2) is 19.0 Å². The Bertz CT molecular complexity index is 430. The fourth-order valence-corrected chi connectivity index (χ4v) is 4.45. The molecular formula is C18H31ClN2OS. The lowest BCUT2D eigenvalue weighted by Gasteiger charge is -2.36. The van der Waals surface area contributed by atoms with Gasteiger partial charge in [-0.2, -0.15) is 0 Å². The van der Waals surface area contributed by atoms with Crippen molar-refractivity contribution < 1.29 is 4.79 Å². The van der Waals surface area contributed by atoms with Gasteiger partial charge in [0.2, 0.25) is 5.91 Å². The zero-order chi connectivity index (χ0) is 15.7. The topological polar surface area (TPSA) is 55.1 Å². The molecule has 5 heteroatoms. The van der Waals surface area contributed by atoms with Crippen molar-refractivity contribution in [2.24, 2.45) is 5.73 Å². The smallest absolute Gasteiger partial charge is 0.220 e. The molecule has 1 aliphatic rings. The minimum atomic E-state index is 0. The molecule has 0 saturated heterocycles. The largest absolute Gasteiger partial charge is 0.355 e. The number of amides is 1. The molecule has 3 N–H and O–H groups in total. The average Bonchev–Trinajstić information content (AvgIpc) is 3.09. The third-order valence-corrected chi connectivity index (χ3v) is 5.95. The predicted octanol–water partition coefficient (Wildman–Crippen LogP) is 4.40. The first-order chi connectivity index (χ1) is 10.8. The molecular weight excluding hydrogens is 328 g/mol. The standard InChI is InChI=1S/C18H30N2OS.ClH/c19-13-7-2-1-4-10-17(21)20-15-18(11-5-3-6-12-18)16-9-8-14-22-16;/h8-9,14H,1-7,10-13,15,19H2,(H,20,21);1H. The number of hydrogen-bond donors (Lipinski definition) is 2. The van der Waals surface area contributed by atoms with Crippen LogP contribution in [0.5, 0.6) is 0 Å². The molecule has 1 aliphatic carbocycles. The van der Waals surface area contributed by atoms with Crippen LogP contribution in [-0.2, 0) is 10.2 Å². The van der Waals surface area contributed by atoms with Crippen LogP contribution in [0.1, 0.15) is 69.1 Å². The van der Waals surface area contributed by atoms with E-state index in [1.807, 2.05) is 11.3 Å². The van der Waals surface area contributed by atoms with Crippen LogP contribution < -0.4 is 11.1 Å². The van der Waals surface area contributed by atoms with Gasteiger partial charge >= 0.3 is 0 Å². The molecule has 0 spiro atoms. The summed E-state index contributed by atoms with van der Waals surface area (Å²) < 4.78 is 0. The Morgan fingerprint density at radius 2 is 1.91 bits per heavy atom. The Balaban J connectivity index is 0.00000264. The number of unbranched alkanes of at least 4 members (excludes halogenated alkanes) is 3. The monoisotopic (exact) mass is 358 g/mol. The summed E-state index contributed by atoms with van der Waals surface area (Å²) in [6, 6.07) is 4.38. The van der Waals surface area contributed by atoms with Crippen molar-refractivity contribution in [3.8, 4) is 0 Å². The molecule has 1 fully saturated rings. The van der Waals surface area contributed by atoms with Crippen molar-refractivity contribution in [3.63, 3.8) is 0 Å². The number of rotatable bonds is 9. The van der Waals surface area contributed by atoms with Crippen LogP contribution in [0.25, 0.3) is 0 Å². The summed E-state index contributed by atoms with van der Waals surface area (Å²) >= 11 is 1.84. The highest BCUT2D eigenvalue weighted by Gasteiger charge is 2.34. The number of thiophene rings is 1. The molecule has 2 rings (SSSR count). The van der Waals surface area contributed by atoms with E-state index < -0.39 is 0 Å². The maximum atomic E-state index is 12.1. The van der Waals surface area contributed by atoms with E-state index in [-0.39, 0.29) is 23.7 Å². The maximum Gasteiger partial charge on any atom is 0.220 e. The first-order valence-electron chi connectivity index (χ1n) is 8.78. The van der Waals surface area contributed by atoms with E-state index in [4.69, 9.17) is 5.73 Å². The van der Waals surface area contributed by atoms with E-state index in [9.17, 15) is 4.79 Å². The highest BCUT2D eigenvalue weighted by molar-refractivity contribution is 7.10. The zero-order valence-electron chi connectivity index (χ0n) is 14.0. The number of nitrogens with one attached hydrogen (secondary N) is 1. The first-order valence-corrected chi connectivity index (χ1v) is 9.65. The Morgan fingerprint density at radius 3 is 2.57 bits per heavy atom. The van der Waals surface area contributed by atoms with E-state index >= 15 is 0 Å². The third kappa shape index (κ3) is 6.44. The normalized spacial score (nSPS) is 16.6. The molecule has 1 aromatic heterocycles. The first kappa shape index (κ1) is 20.5. The van der Waals surface area contributed by atoms with Crippen molar-refractivity contribution in [2.75, 3.05) is 13.1 Å². The predicted molar refractivity (Wildman–Crippen MR) is 101 cm³/mol. The minimum Gasteiger partial charge on any atom is -0.355 e. The van der Waals surface area contributed by atoms with Crippen LogP contribution in [0.2, 0.25) is 0 Å². The molecule has 23 heavy (non-hydrogen) atoms. The fraction of sp³-hybridized carbons (Fsp3) is 0.722. The molecule has 0 aliphatic heterocycles. The maximum absolute atomic E-state index is 12.1. The van der Waals surface area contributed by atoms with Gasteiger partial charge in [-0.25, -0.2) is 0 Å². The van der Waals surface area contributed by atoms with Crippen LogP contribution >= 0.6 is 23.7 Å². The molecule has 1 heterocycles. The number of carbonyl (C=O) groups is 1. The Labute approximate surface area is 150 Å². The van der Waals surface area contributed by atoms with Crippen molar-refractivity contribution in [1.29, 1.82) is 0 Å². The molecule has 0 unspecified atom stereocenters. The number of nitrogens with two attached hydrogens (primary N) is 1. The minimum absolute atomic E-state index is 0. The summed E-state index contributed by atoms with van der Waals surface area (Å²) in [5.41, 5.74) is 5.68. The number of halogens is 1. The molecule has 1 saturated carbocycles. The van der Waals surface area contributed by atoms with Crippen molar-refractivity contribution in [2.45, 2.75) is 69.6 Å². The number of carbonyl (C=O) groups excluding carboxylic acids is 1. The quantitative estimate of drug-likeness (QED) is 0.643. The van der Waals surface area contributed by atoms with Gasteiger partial charge < -0.3 is 11.1 Å². The summed E-state index contributed by atoms with van der Waals surface area (Å²) in [7, 11) is 0. The van der Waals surface area contributed by atoms with Gasteiger partial charge in [-0.15, -0.1) is 23.7 Å². The van der Waals surface area contributed by atoms with Gasteiger partial charge in [-0.05, 0) is 43.7 Å². The van der Waals surface area contributed by atoms with Gasteiger partial charge in [0.1, 0.15) is 0 Å². The molecule has 0 bridgehead atoms. The Kier molecular flexibility index (Phi) is 9.84. The van der Waals surface area contributed by atoms with Crippen LogP contribution in [0, 0.1) is 0 Å². The number of hydrogen-bond acceptors (Lipinski definition) is 3. The van der Waals surface area contributed by atoms with E-state index in [0.29, 0.717) is 6.42 Å². The SMILES string of the molecule is Cl.NCCCCCCC(=O)NCC1(c2cccs2)CCCCC1.